The number of hydrogen-bond acceptors (Lipinski definition) is 4. The molecule has 1 saturated heterocycles. The Hall–Kier alpha value is -1.85. The van der Waals surface area contributed by atoms with E-state index in [2.05, 4.69) is 21.7 Å². The Balaban J connectivity index is 1.63. The van der Waals surface area contributed by atoms with E-state index in [1.807, 2.05) is 24.7 Å². The number of imidazole rings is 1. The van der Waals surface area contributed by atoms with Crippen molar-refractivity contribution in [3.8, 4) is 5.75 Å². The summed E-state index contributed by atoms with van der Waals surface area (Å²) < 4.78 is 19.4. The van der Waals surface area contributed by atoms with Gasteiger partial charge in [0.05, 0.1) is 26.7 Å². The zero-order valence-electron chi connectivity index (χ0n) is 13.6. The van der Waals surface area contributed by atoms with Crippen molar-refractivity contribution in [2.45, 2.75) is 38.0 Å². The van der Waals surface area contributed by atoms with Crippen LogP contribution in [0.25, 0.3) is 0 Å². The molecule has 1 aliphatic heterocycles. The summed E-state index contributed by atoms with van der Waals surface area (Å²) in [6.07, 6.45) is 9.23. The molecule has 23 heavy (non-hydrogen) atoms. The molecule has 1 fully saturated rings. The molecular weight excluding hydrogens is 292 g/mol. The Labute approximate surface area is 137 Å². The number of benzene rings is 1. The van der Waals surface area contributed by atoms with Gasteiger partial charge in [0.15, 0.2) is 5.79 Å². The van der Waals surface area contributed by atoms with Gasteiger partial charge in [-0.05, 0) is 30.5 Å². The van der Waals surface area contributed by atoms with Crippen LogP contribution in [0.5, 0.6) is 5.75 Å². The summed E-state index contributed by atoms with van der Waals surface area (Å²) in [5.41, 5.74) is 1.20. The number of rotatable bonds is 7. The summed E-state index contributed by atoms with van der Waals surface area (Å²) in [5.74, 6) is 0.362. The van der Waals surface area contributed by atoms with E-state index in [0.717, 1.165) is 51.2 Å². The lowest BCUT2D eigenvalue weighted by molar-refractivity contribution is -0.270. The van der Waals surface area contributed by atoms with Crippen LogP contribution in [0.2, 0.25) is 0 Å². The SMILES string of the molecule is COc1ccc(CC2(CCCn3ccnc3)OCCCO2)cc1. The summed E-state index contributed by atoms with van der Waals surface area (Å²) in [6.45, 7) is 2.46. The van der Waals surface area contributed by atoms with Gasteiger partial charge in [0, 0.05) is 31.8 Å². The van der Waals surface area contributed by atoms with Gasteiger partial charge in [-0.1, -0.05) is 12.1 Å². The Bertz CT molecular complexity index is 575. The Morgan fingerprint density at radius 3 is 2.65 bits per heavy atom. The standard InChI is InChI=1S/C18H24N2O3/c1-21-17-6-4-16(5-7-17)14-18(22-12-3-13-23-18)8-2-10-20-11-9-19-15-20/h4-7,9,11,15H,2-3,8,10,12-14H2,1H3. The van der Waals surface area contributed by atoms with E-state index in [0.29, 0.717) is 0 Å². The number of ether oxygens (including phenoxy) is 3. The molecule has 5 nitrogen and oxygen atoms in total. The molecule has 124 valence electrons. The van der Waals surface area contributed by atoms with Crippen LogP contribution in [0, 0.1) is 0 Å². The van der Waals surface area contributed by atoms with E-state index < -0.39 is 5.79 Å². The van der Waals surface area contributed by atoms with Crippen molar-refractivity contribution >= 4 is 0 Å². The van der Waals surface area contributed by atoms with Gasteiger partial charge >= 0.3 is 0 Å². The second-order valence-corrected chi connectivity index (χ2v) is 5.89. The minimum atomic E-state index is -0.507. The molecule has 0 amide bonds. The van der Waals surface area contributed by atoms with Crippen molar-refractivity contribution in [3.63, 3.8) is 0 Å². The maximum Gasteiger partial charge on any atom is 0.172 e. The lowest BCUT2D eigenvalue weighted by atomic mass is 9.99. The van der Waals surface area contributed by atoms with Crippen LogP contribution in [0.15, 0.2) is 43.0 Å². The van der Waals surface area contributed by atoms with Gasteiger partial charge in [-0.15, -0.1) is 0 Å². The van der Waals surface area contributed by atoms with Crippen LogP contribution in [-0.2, 0) is 22.4 Å². The predicted molar refractivity (Wildman–Crippen MR) is 87.4 cm³/mol. The smallest absolute Gasteiger partial charge is 0.172 e. The molecule has 2 aromatic rings. The van der Waals surface area contributed by atoms with Gasteiger partial charge in [-0.2, -0.15) is 0 Å². The van der Waals surface area contributed by atoms with E-state index in [1.54, 1.807) is 13.3 Å². The topological polar surface area (TPSA) is 45.5 Å². The van der Waals surface area contributed by atoms with Crippen LogP contribution < -0.4 is 4.74 Å². The van der Waals surface area contributed by atoms with Gasteiger partial charge in [0.25, 0.3) is 0 Å². The van der Waals surface area contributed by atoms with Gasteiger partial charge in [-0.25, -0.2) is 4.98 Å². The zero-order chi connectivity index (χ0) is 16.0. The van der Waals surface area contributed by atoms with Gasteiger partial charge in [-0.3, -0.25) is 0 Å². The quantitative estimate of drug-likeness (QED) is 0.787. The highest BCUT2D eigenvalue weighted by Crippen LogP contribution is 2.29. The molecule has 1 aromatic heterocycles. The first-order chi connectivity index (χ1) is 11.3. The molecule has 0 aliphatic carbocycles. The average Bonchev–Trinajstić information content (AvgIpc) is 3.10. The molecule has 5 heteroatoms. The van der Waals surface area contributed by atoms with E-state index >= 15 is 0 Å². The first-order valence-electron chi connectivity index (χ1n) is 8.16. The largest absolute Gasteiger partial charge is 0.497 e. The average molecular weight is 316 g/mol. The fourth-order valence-corrected chi connectivity index (χ4v) is 2.96. The van der Waals surface area contributed by atoms with Crippen molar-refractivity contribution in [2.24, 2.45) is 0 Å². The lowest BCUT2D eigenvalue weighted by Gasteiger charge is -2.37. The summed E-state index contributed by atoms with van der Waals surface area (Å²) in [6, 6.07) is 8.13. The third-order valence-corrected chi connectivity index (χ3v) is 4.18. The Morgan fingerprint density at radius 1 is 1.22 bits per heavy atom. The van der Waals surface area contributed by atoms with Crippen LogP contribution in [0.3, 0.4) is 0 Å². The fourth-order valence-electron chi connectivity index (χ4n) is 2.96. The minimum absolute atomic E-state index is 0.507. The van der Waals surface area contributed by atoms with Gasteiger partial charge < -0.3 is 18.8 Å². The molecule has 1 aliphatic rings. The highest BCUT2D eigenvalue weighted by atomic mass is 16.7. The fraction of sp³-hybridized carbons (Fsp3) is 0.500. The summed E-state index contributed by atoms with van der Waals surface area (Å²) in [7, 11) is 1.68. The van der Waals surface area contributed by atoms with Crippen molar-refractivity contribution in [2.75, 3.05) is 20.3 Å². The molecule has 1 aromatic carbocycles. The summed E-state index contributed by atoms with van der Waals surface area (Å²) >= 11 is 0. The minimum Gasteiger partial charge on any atom is -0.497 e. The van der Waals surface area contributed by atoms with E-state index in [9.17, 15) is 0 Å². The maximum atomic E-state index is 6.07. The van der Waals surface area contributed by atoms with Crippen LogP contribution >= 0.6 is 0 Å². The number of aryl methyl sites for hydroxylation is 1. The monoisotopic (exact) mass is 316 g/mol. The van der Waals surface area contributed by atoms with Crippen molar-refractivity contribution in [1.82, 2.24) is 9.55 Å². The van der Waals surface area contributed by atoms with Crippen molar-refractivity contribution in [1.29, 1.82) is 0 Å². The molecule has 0 N–H and O–H groups in total. The third kappa shape index (κ3) is 4.33. The second kappa shape index (κ2) is 7.62. The third-order valence-electron chi connectivity index (χ3n) is 4.18. The number of methoxy groups -OCH3 is 1. The molecule has 2 heterocycles. The lowest BCUT2D eigenvalue weighted by Crippen LogP contribution is -2.42. The van der Waals surface area contributed by atoms with Gasteiger partial charge in [0.2, 0.25) is 0 Å². The maximum absolute atomic E-state index is 6.07. The molecule has 0 saturated carbocycles. The van der Waals surface area contributed by atoms with Crippen molar-refractivity contribution < 1.29 is 14.2 Å². The zero-order valence-corrected chi connectivity index (χ0v) is 13.6. The highest BCUT2D eigenvalue weighted by molar-refractivity contribution is 5.27. The van der Waals surface area contributed by atoms with Crippen LogP contribution in [-0.4, -0.2) is 35.7 Å². The van der Waals surface area contributed by atoms with Crippen LogP contribution in [0.1, 0.15) is 24.8 Å². The molecule has 0 radical (unpaired) electrons. The van der Waals surface area contributed by atoms with Crippen molar-refractivity contribution in [3.05, 3.63) is 48.5 Å². The first kappa shape index (κ1) is 16.0. The Morgan fingerprint density at radius 2 is 2.00 bits per heavy atom. The molecule has 0 unspecified atom stereocenters. The molecule has 3 rings (SSSR count). The summed E-state index contributed by atoms with van der Waals surface area (Å²) in [4.78, 5) is 4.08. The summed E-state index contributed by atoms with van der Waals surface area (Å²) in [5, 5.41) is 0. The van der Waals surface area contributed by atoms with E-state index in [1.165, 1.54) is 5.56 Å². The molecule has 0 spiro atoms. The number of hydrogen-bond donors (Lipinski definition) is 0. The molecular formula is C18H24N2O3. The number of nitrogens with zero attached hydrogens (tertiary/aromatic N) is 2. The predicted octanol–water partition coefficient (Wildman–Crippen LogP) is 3.05. The first-order valence-corrected chi connectivity index (χ1v) is 8.16. The second-order valence-electron chi connectivity index (χ2n) is 5.89. The van der Waals surface area contributed by atoms with Crippen LogP contribution in [0.4, 0.5) is 0 Å². The molecule has 0 bridgehead atoms. The molecule has 0 atom stereocenters. The Kier molecular flexibility index (Phi) is 5.31. The van der Waals surface area contributed by atoms with E-state index in [-0.39, 0.29) is 0 Å². The normalized spacial score (nSPS) is 17.1. The van der Waals surface area contributed by atoms with E-state index in [4.69, 9.17) is 14.2 Å². The van der Waals surface area contributed by atoms with Gasteiger partial charge in [0.1, 0.15) is 5.75 Å². The number of aromatic nitrogens is 2. The highest BCUT2D eigenvalue weighted by Gasteiger charge is 2.34.